The van der Waals surface area contributed by atoms with Crippen molar-refractivity contribution >= 4 is 5.78 Å². The van der Waals surface area contributed by atoms with Crippen LogP contribution < -0.4 is 0 Å². The molecule has 0 N–H and O–H groups in total. The number of nitrogens with zero attached hydrogens (tertiary/aromatic N) is 3. The number of rotatable bonds is 4. The maximum atomic E-state index is 11.3. The Morgan fingerprint density at radius 1 is 1.69 bits per heavy atom. The molecule has 1 aromatic heterocycles. The van der Waals surface area contributed by atoms with Crippen molar-refractivity contribution in [1.82, 2.24) is 15.0 Å². The Morgan fingerprint density at radius 2 is 2.38 bits per heavy atom. The second kappa shape index (κ2) is 4.16. The first kappa shape index (κ1) is 9.89. The number of carbonyl (C=O) groups excluding carboxylic acids is 1. The zero-order valence-corrected chi connectivity index (χ0v) is 8.32. The molecule has 1 unspecified atom stereocenters. The number of aryl methyl sites for hydroxylation is 1. The maximum Gasteiger partial charge on any atom is 0.135 e. The molecule has 0 saturated carbocycles. The molecule has 0 fully saturated rings. The van der Waals surface area contributed by atoms with Crippen LogP contribution in [-0.4, -0.2) is 20.8 Å². The summed E-state index contributed by atoms with van der Waals surface area (Å²) in [6.07, 6.45) is 3.14. The van der Waals surface area contributed by atoms with Gasteiger partial charge in [0.15, 0.2) is 0 Å². The predicted octanol–water partition coefficient (Wildman–Crippen LogP) is 0.973. The van der Waals surface area contributed by atoms with Gasteiger partial charge >= 0.3 is 0 Å². The fraction of sp³-hybridized carbons (Fsp3) is 0.667. The molecule has 4 nitrogen and oxygen atoms in total. The monoisotopic (exact) mass is 181 g/mol. The minimum atomic E-state index is 0.0571. The molecule has 0 aliphatic carbocycles. The van der Waals surface area contributed by atoms with E-state index in [-0.39, 0.29) is 11.7 Å². The molecule has 0 amide bonds. The van der Waals surface area contributed by atoms with E-state index in [1.54, 1.807) is 4.68 Å². The highest BCUT2D eigenvalue weighted by Gasteiger charge is 2.12. The largest absolute Gasteiger partial charge is 0.299 e. The lowest BCUT2D eigenvalue weighted by Crippen LogP contribution is -2.12. The number of carbonyl (C=O) groups is 1. The zero-order valence-electron chi connectivity index (χ0n) is 8.32. The van der Waals surface area contributed by atoms with Gasteiger partial charge in [-0.05, 0) is 0 Å². The van der Waals surface area contributed by atoms with Crippen LogP contribution in [0.2, 0.25) is 0 Å². The van der Waals surface area contributed by atoms with Crippen LogP contribution in [0.3, 0.4) is 0 Å². The molecule has 1 rings (SSSR count). The quantitative estimate of drug-likeness (QED) is 0.695. The third-order valence-corrected chi connectivity index (χ3v) is 2.06. The summed E-state index contributed by atoms with van der Waals surface area (Å²) >= 11 is 0. The highest BCUT2D eigenvalue weighted by Crippen LogP contribution is 2.07. The normalized spacial score (nSPS) is 12.8. The Morgan fingerprint density at radius 3 is 2.85 bits per heavy atom. The molecule has 0 aromatic carbocycles. The van der Waals surface area contributed by atoms with E-state index >= 15 is 0 Å². The van der Waals surface area contributed by atoms with Gasteiger partial charge < -0.3 is 0 Å². The maximum absolute atomic E-state index is 11.3. The summed E-state index contributed by atoms with van der Waals surface area (Å²) < 4.78 is 1.65. The highest BCUT2D eigenvalue weighted by atomic mass is 16.1. The summed E-state index contributed by atoms with van der Waals surface area (Å²) in [6, 6.07) is 0. The lowest BCUT2D eigenvalue weighted by molar-refractivity contribution is -0.122. The van der Waals surface area contributed by atoms with E-state index < -0.39 is 0 Å². The van der Waals surface area contributed by atoms with Crippen LogP contribution in [0.15, 0.2) is 6.20 Å². The summed E-state index contributed by atoms with van der Waals surface area (Å²) in [6.45, 7) is 3.82. The van der Waals surface area contributed by atoms with Gasteiger partial charge in [-0.15, -0.1) is 5.10 Å². The molecule has 0 aliphatic heterocycles. The minimum absolute atomic E-state index is 0.0571. The van der Waals surface area contributed by atoms with E-state index in [9.17, 15) is 4.79 Å². The van der Waals surface area contributed by atoms with Gasteiger partial charge in [0.25, 0.3) is 0 Å². The van der Waals surface area contributed by atoms with E-state index in [0.29, 0.717) is 12.8 Å². The molecular weight excluding hydrogens is 166 g/mol. The second-order valence-corrected chi connectivity index (χ2v) is 3.31. The van der Waals surface area contributed by atoms with Crippen LogP contribution in [0.4, 0.5) is 0 Å². The van der Waals surface area contributed by atoms with E-state index in [1.807, 2.05) is 27.1 Å². The molecule has 72 valence electrons. The van der Waals surface area contributed by atoms with Gasteiger partial charge in [-0.25, -0.2) is 0 Å². The van der Waals surface area contributed by atoms with Crippen LogP contribution in [0.25, 0.3) is 0 Å². The smallest absolute Gasteiger partial charge is 0.135 e. The molecule has 13 heavy (non-hydrogen) atoms. The number of Topliss-reactive ketones (excluding diaryl/α,β-unsaturated/α-hetero) is 1. The SMILES string of the molecule is CCC(=O)C(C)Cc1cn(C)nn1. The lowest BCUT2D eigenvalue weighted by Gasteiger charge is -2.05. The Labute approximate surface area is 77.9 Å². The summed E-state index contributed by atoms with van der Waals surface area (Å²) in [5.41, 5.74) is 0.886. The van der Waals surface area contributed by atoms with Crippen molar-refractivity contribution in [2.45, 2.75) is 26.7 Å². The number of hydrogen-bond donors (Lipinski definition) is 0. The van der Waals surface area contributed by atoms with Crippen molar-refractivity contribution in [2.24, 2.45) is 13.0 Å². The molecule has 0 radical (unpaired) electrons. The van der Waals surface area contributed by atoms with Crippen LogP contribution in [0, 0.1) is 5.92 Å². The Hall–Kier alpha value is -1.19. The molecule has 0 saturated heterocycles. The average molecular weight is 181 g/mol. The van der Waals surface area contributed by atoms with E-state index in [4.69, 9.17) is 0 Å². The van der Waals surface area contributed by atoms with Gasteiger partial charge in [0.05, 0.1) is 5.69 Å². The standard InChI is InChI=1S/C9H15N3O/c1-4-9(13)7(2)5-8-6-12(3)11-10-8/h6-7H,4-5H2,1-3H3. The van der Waals surface area contributed by atoms with Gasteiger partial charge in [-0.1, -0.05) is 19.1 Å². The van der Waals surface area contributed by atoms with Gasteiger partial charge in [-0.3, -0.25) is 9.48 Å². The first-order valence-electron chi connectivity index (χ1n) is 4.51. The van der Waals surface area contributed by atoms with E-state index in [0.717, 1.165) is 5.69 Å². The number of ketones is 1. The van der Waals surface area contributed by atoms with Gasteiger partial charge in [0.2, 0.25) is 0 Å². The third kappa shape index (κ3) is 2.65. The van der Waals surface area contributed by atoms with Gasteiger partial charge in [-0.2, -0.15) is 0 Å². The van der Waals surface area contributed by atoms with Crippen LogP contribution in [-0.2, 0) is 18.3 Å². The van der Waals surface area contributed by atoms with Crippen molar-refractivity contribution in [3.05, 3.63) is 11.9 Å². The predicted molar refractivity (Wildman–Crippen MR) is 49.2 cm³/mol. The topological polar surface area (TPSA) is 47.8 Å². The molecule has 1 aromatic rings. The minimum Gasteiger partial charge on any atom is -0.299 e. The number of hydrogen-bond acceptors (Lipinski definition) is 3. The van der Waals surface area contributed by atoms with Crippen LogP contribution >= 0.6 is 0 Å². The van der Waals surface area contributed by atoms with Crippen molar-refractivity contribution in [3.8, 4) is 0 Å². The fourth-order valence-corrected chi connectivity index (χ4v) is 1.26. The molecule has 1 heterocycles. The Bertz CT molecular complexity index is 293. The van der Waals surface area contributed by atoms with Crippen LogP contribution in [0.1, 0.15) is 26.0 Å². The van der Waals surface area contributed by atoms with E-state index in [2.05, 4.69) is 10.3 Å². The third-order valence-electron chi connectivity index (χ3n) is 2.06. The molecular formula is C9H15N3O. The van der Waals surface area contributed by atoms with Crippen molar-refractivity contribution in [3.63, 3.8) is 0 Å². The van der Waals surface area contributed by atoms with Crippen molar-refractivity contribution < 1.29 is 4.79 Å². The molecule has 0 bridgehead atoms. The lowest BCUT2D eigenvalue weighted by atomic mass is 9.99. The van der Waals surface area contributed by atoms with Crippen LogP contribution in [0.5, 0.6) is 0 Å². The first-order chi connectivity index (χ1) is 6.13. The highest BCUT2D eigenvalue weighted by molar-refractivity contribution is 5.80. The average Bonchev–Trinajstić information content (AvgIpc) is 2.49. The zero-order chi connectivity index (χ0) is 9.84. The van der Waals surface area contributed by atoms with Gasteiger partial charge in [0, 0.05) is 32.0 Å². The molecule has 0 aliphatic rings. The fourth-order valence-electron chi connectivity index (χ4n) is 1.26. The Balaban J connectivity index is 2.54. The second-order valence-electron chi connectivity index (χ2n) is 3.31. The molecule has 0 spiro atoms. The Kier molecular flexibility index (Phi) is 3.17. The number of aromatic nitrogens is 3. The first-order valence-corrected chi connectivity index (χ1v) is 4.51. The summed E-state index contributed by atoms with van der Waals surface area (Å²) in [5, 5.41) is 7.74. The van der Waals surface area contributed by atoms with Crippen molar-refractivity contribution in [2.75, 3.05) is 0 Å². The van der Waals surface area contributed by atoms with Crippen molar-refractivity contribution in [1.29, 1.82) is 0 Å². The van der Waals surface area contributed by atoms with Gasteiger partial charge in [0.1, 0.15) is 5.78 Å². The summed E-state index contributed by atoms with van der Waals surface area (Å²) in [7, 11) is 1.82. The molecule has 1 atom stereocenters. The summed E-state index contributed by atoms with van der Waals surface area (Å²) in [5.74, 6) is 0.340. The molecule has 4 heteroatoms. The van der Waals surface area contributed by atoms with E-state index in [1.165, 1.54) is 0 Å². The summed E-state index contributed by atoms with van der Waals surface area (Å²) in [4.78, 5) is 11.3.